The van der Waals surface area contributed by atoms with Crippen LogP contribution in [-0.4, -0.2) is 29.4 Å². The zero-order chi connectivity index (χ0) is 16.8. The summed E-state index contributed by atoms with van der Waals surface area (Å²) in [5, 5.41) is 2.80. The molecule has 9 heteroatoms. The van der Waals surface area contributed by atoms with E-state index in [1.807, 2.05) is 5.32 Å². The van der Waals surface area contributed by atoms with Crippen molar-refractivity contribution in [1.82, 2.24) is 15.8 Å². The van der Waals surface area contributed by atoms with Crippen molar-refractivity contribution in [3.63, 3.8) is 0 Å². The molecule has 2 atom stereocenters. The van der Waals surface area contributed by atoms with Gasteiger partial charge in [0.25, 0.3) is 0 Å². The molecule has 1 aromatic rings. The SMILES string of the molecule is O=C1CN(NC(=O)[C@H]2C[C@@H]2c2ccccc2C(F)(F)F)C(=O)N1. The van der Waals surface area contributed by atoms with E-state index in [2.05, 4.69) is 5.43 Å². The van der Waals surface area contributed by atoms with E-state index >= 15 is 0 Å². The van der Waals surface area contributed by atoms with Crippen LogP contribution in [0, 0.1) is 5.92 Å². The molecule has 0 aromatic heterocycles. The van der Waals surface area contributed by atoms with Gasteiger partial charge >= 0.3 is 12.2 Å². The van der Waals surface area contributed by atoms with Crippen molar-refractivity contribution in [2.45, 2.75) is 18.5 Å². The van der Waals surface area contributed by atoms with Gasteiger partial charge in [0.2, 0.25) is 11.8 Å². The molecule has 1 aliphatic heterocycles. The molecule has 2 fully saturated rings. The summed E-state index contributed by atoms with van der Waals surface area (Å²) in [4.78, 5) is 34.4. The van der Waals surface area contributed by atoms with Gasteiger partial charge < -0.3 is 0 Å². The summed E-state index contributed by atoms with van der Waals surface area (Å²) in [5.74, 6) is -2.32. The number of hydrogen-bond donors (Lipinski definition) is 2. The normalized spacial score (nSPS) is 23.7. The summed E-state index contributed by atoms with van der Waals surface area (Å²) >= 11 is 0. The molecule has 2 N–H and O–H groups in total. The maximum absolute atomic E-state index is 13.0. The molecule has 1 saturated heterocycles. The number of hydrazine groups is 1. The monoisotopic (exact) mass is 327 g/mol. The average Bonchev–Trinajstić information content (AvgIpc) is 3.20. The van der Waals surface area contributed by atoms with Crippen LogP contribution in [0.15, 0.2) is 24.3 Å². The predicted octanol–water partition coefficient (Wildman–Crippen LogP) is 1.39. The van der Waals surface area contributed by atoms with Crippen LogP contribution in [0.4, 0.5) is 18.0 Å². The fourth-order valence-electron chi connectivity index (χ4n) is 2.65. The van der Waals surface area contributed by atoms with E-state index in [0.29, 0.717) is 0 Å². The van der Waals surface area contributed by atoms with E-state index in [1.165, 1.54) is 18.2 Å². The van der Waals surface area contributed by atoms with E-state index in [0.717, 1.165) is 11.1 Å². The Bertz CT molecular complexity index is 689. The third-order valence-electron chi connectivity index (χ3n) is 3.83. The van der Waals surface area contributed by atoms with Crippen LogP contribution >= 0.6 is 0 Å². The lowest BCUT2D eigenvalue weighted by Gasteiger charge is -2.15. The van der Waals surface area contributed by atoms with Gasteiger partial charge in [0.05, 0.1) is 5.56 Å². The molecule has 1 saturated carbocycles. The second-order valence-corrected chi connectivity index (χ2v) is 5.45. The van der Waals surface area contributed by atoms with Gasteiger partial charge in [0, 0.05) is 5.92 Å². The minimum Gasteiger partial charge on any atom is -0.275 e. The molecule has 6 nitrogen and oxygen atoms in total. The minimum absolute atomic E-state index is 0.0714. The number of carbonyl (C=O) groups is 3. The average molecular weight is 327 g/mol. The predicted molar refractivity (Wildman–Crippen MR) is 70.7 cm³/mol. The maximum Gasteiger partial charge on any atom is 0.416 e. The van der Waals surface area contributed by atoms with Crippen molar-refractivity contribution in [1.29, 1.82) is 0 Å². The van der Waals surface area contributed by atoms with Crippen molar-refractivity contribution in [2.24, 2.45) is 5.92 Å². The summed E-state index contributed by atoms with van der Waals surface area (Å²) in [7, 11) is 0. The van der Waals surface area contributed by atoms with Crippen LogP contribution in [0.2, 0.25) is 0 Å². The van der Waals surface area contributed by atoms with Crippen molar-refractivity contribution >= 4 is 17.8 Å². The van der Waals surface area contributed by atoms with Crippen LogP contribution in [-0.2, 0) is 15.8 Å². The molecule has 1 aliphatic carbocycles. The zero-order valence-corrected chi connectivity index (χ0v) is 11.7. The Morgan fingerprint density at radius 1 is 1.26 bits per heavy atom. The minimum atomic E-state index is -4.48. The molecular weight excluding hydrogens is 315 g/mol. The lowest BCUT2D eigenvalue weighted by Crippen LogP contribution is -2.45. The number of urea groups is 1. The number of alkyl halides is 3. The summed E-state index contributed by atoms with van der Waals surface area (Å²) in [6.07, 6.45) is -4.22. The summed E-state index contributed by atoms with van der Waals surface area (Å²) < 4.78 is 39.0. The molecule has 0 radical (unpaired) electrons. The number of halogens is 3. The second-order valence-electron chi connectivity index (χ2n) is 5.45. The van der Waals surface area contributed by atoms with Crippen molar-refractivity contribution in [3.05, 3.63) is 35.4 Å². The van der Waals surface area contributed by atoms with Gasteiger partial charge in [-0.05, 0) is 24.0 Å². The van der Waals surface area contributed by atoms with E-state index in [4.69, 9.17) is 0 Å². The first-order chi connectivity index (χ1) is 10.8. The van der Waals surface area contributed by atoms with Crippen LogP contribution in [0.25, 0.3) is 0 Å². The van der Waals surface area contributed by atoms with E-state index in [9.17, 15) is 27.6 Å². The first kappa shape index (κ1) is 15.3. The largest absolute Gasteiger partial charge is 0.416 e. The number of amides is 4. The molecule has 23 heavy (non-hydrogen) atoms. The second kappa shape index (κ2) is 5.25. The van der Waals surface area contributed by atoms with Crippen molar-refractivity contribution < 1.29 is 27.6 Å². The topological polar surface area (TPSA) is 78.5 Å². The van der Waals surface area contributed by atoms with Crippen LogP contribution in [0.3, 0.4) is 0 Å². The Kier molecular flexibility index (Phi) is 3.50. The third kappa shape index (κ3) is 2.99. The summed E-state index contributed by atoms with van der Waals surface area (Å²) in [6.45, 7) is -0.304. The Morgan fingerprint density at radius 2 is 1.96 bits per heavy atom. The molecular formula is C14H12F3N3O3. The Morgan fingerprint density at radius 3 is 2.57 bits per heavy atom. The van der Waals surface area contributed by atoms with E-state index in [1.54, 1.807) is 0 Å². The number of hydrogen-bond acceptors (Lipinski definition) is 3. The first-order valence-corrected chi connectivity index (χ1v) is 6.85. The lowest BCUT2D eigenvalue weighted by molar-refractivity contribution is -0.138. The molecule has 3 rings (SSSR count). The Hall–Kier alpha value is -2.58. The van der Waals surface area contributed by atoms with Crippen LogP contribution in [0.5, 0.6) is 0 Å². The van der Waals surface area contributed by atoms with Crippen molar-refractivity contribution in [2.75, 3.05) is 6.54 Å². The van der Waals surface area contributed by atoms with Crippen LogP contribution < -0.4 is 10.7 Å². The highest BCUT2D eigenvalue weighted by atomic mass is 19.4. The van der Waals surface area contributed by atoms with Crippen LogP contribution in [0.1, 0.15) is 23.5 Å². The molecule has 0 bridgehead atoms. The first-order valence-electron chi connectivity index (χ1n) is 6.85. The number of carbonyl (C=O) groups excluding carboxylic acids is 3. The van der Waals surface area contributed by atoms with Gasteiger partial charge in [-0.3, -0.25) is 20.3 Å². The number of nitrogens with zero attached hydrogens (tertiary/aromatic N) is 1. The maximum atomic E-state index is 13.0. The molecule has 4 amide bonds. The zero-order valence-electron chi connectivity index (χ0n) is 11.7. The fraction of sp³-hybridized carbons (Fsp3) is 0.357. The molecule has 0 unspecified atom stereocenters. The highest BCUT2D eigenvalue weighted by molar-refractivity contribution is 6.02. The molecule has 122 valence electrons. The Balaban J connectivity index is 1.69. The number of imide groups is 1. The summed E-state index contributed by atoms with van der Waals surface area (Å²) in [6, 6.07) is 4.37. The standard InChI is InChI=1S/C14H12F3N3O3/c15-14(16,17)10-4-2-1-3-7(10)8-5-9(8)12(22)19-20-6-11(21)18-13(20)23/h1-4,8-9H,5-6H2,(H,19,22)(H,18,21,23)/t8-,9+/m1/s1. The van der Waals surface area contributed by atoms with Gasteiger partial charge in [-0.15, -0.1) is 0 Å². The van der Waals surface area contributed by atoms with Gasteiger partial charge in [-0.25, -0.2) is 9.80 Å². The lowest BCUT2D eigenvalue weighted by atomic mass is 10.0. The third-order valence-corrected chi connectivity index (χ3v) is 3.83. The molecule has 1 heterocycles. The van der Waals surface area contributed by atoms with E-state index in [-0.39, 0.29) is 18.5 Å². The number of nitrogens with one attached hydrogen (secondary N) is 2. The van der Waals surface area contributed by atoms with Gasteiger partial charge in [-0.2, -0.15) is 13.2 Å². The smallest absolute Gasteiger partial charge is 0.275 e. The van der Waals surface area contributed by atoms with Gasteiger partial charge in [0.1, 0.15) is 6.54 Å². The highest BCUT2D eigenvalue weighted by Crippen LogP contribution is 2.51. The number of benzene rings is 1. The highest BCUT2D eigenvalue weighted by Gasteiger charge is 2.48. The van der Waals surface area contributed by atoms with Crippen molar-refractivity contribution in [3.8, 4) is 0 Å². The van der Waals surface area contributed by atoms with E-state index < -0.39 is 41.4 Å². The quantitative estimate of drug-likeness (QED) is 0.824. The van der Waals surface area contributed by atoms with Gasteiger partial charge in [0.15, 0.2) is 0 Å². The van der Waals surface area contributed by atoms with Gasteiger partial charge in [-0.1, -0.05) is 18.2 Å². The molecule has 2 aliphatic rings. The Labute approximate surface area is 128 Å². The summed E-state index contributed by atoms with van der Waals surface area (Å²) in [5.41, 5.74) is 1.58. The fourth-order valence-corrected chi connectivity index (χ4v) is 2.65. The molecule has 0 spiro atoms. The molecule has 1 aromatic carbocycles. The number of rotatable bonds is 3.